The number of hydrogen-bond donors (Lipinski definition) is 1. The van der Waals surface area contributed by atoms with E-state index in [-0.39, 0.29) is 11.8 Å². The van der Waals surface area contributed by atoms with Gasteiger partial charge < -0.3 is 15.0 Å². The number of morpholine rings is 1. The number of benzene rings is 1. The van der Waals surface area contributed by atoms with E-state index in [4.69, 9.17) is 4.74 Å². The minimum Gasteiger partial charge on any atom is -0.378 e. The first-order chi connectivity index (χ1) is 12.3. The number of carbonyl (C=O) groups is 1. The molecule has 0 atom stereocenters. The van der Waals surface area contributed by atoms with E-state index in [1.54, 1.807) is 6.33 Å². The summed E-state index contributed by atoms with van der Waals surface area (Å²) in [7, 11) is 0. The molecule has 0 bridgehead atoms. The molecule has 0 radical (unpaired) electrons. The number of anilines is 2. The van der Waals surface area contributed by atoms with Crippen molar-refractivity contribution < 1.29 is 9.53 Å². The Morgan fingerprint density at radius 1 is 1.12 bits per heavy atom. The molecular weight excluding hydrogens is 316 g/mol. The van der Waals surface area contributed by atoms with E-state index in [0.717, 1.165) is 74.4 Å². The molecule has 1 saturated heterocycles. The Bertz CT molecular complexity index is 752. The predicted octanol–water partition coefficient (Wildman–Crippen LogP) is 2.99. The third kappa shape index (κ3) is 3.58. The van der Waals surface area contributed by atoms with Crippen molar-refractivity contribution in [3.8, 4) is 0 Å². The number of rotatable bonds is 3. The van der Waals surface area contributed by atoms with Gasteiger partial charge in [0.2, 0.25) is 5.91 Å². The highest BCUT2D eigenvalue weighted by molar-refractivity contribution is 5.97. The number of ether oxygens (including phenoxy) is 1. The van der Waals surface area contributed by atoms with Gasteiger partial charge in [-0.05, 0) is 31.0 Å². The summed E-state index contributed by atoms with van der Waals surface area (Å²) in [5, 5.41) is 4.08. The zero-order valence-corrected chi connectivity index (χ0v) is 14.4. The van der Waals surface area contributed by atoms with Gasteiger partial charge in [-0.15, -0.1) is 0 Å². The van der Waals surface area contributed by atoms with E-state index in [1.807, 2.05) is 18.2 Å². The van der Waals surface area contributed by atoms with Crippen molar-refractivity contribution >= 4 is 28.3 Å². The molecule has 0 unspecified atom stereocenters. The van der Waals surface area contributed by atoms with Gasteiger partial charge in [0.1, 0.15) is 12.1 Å². The predicted molar refractivity (Wildman–Crippen MR) is 97.8 cm³/mol. The van der Waals surface area contributed by atoms with Crippen LogP contribution in [0.3, 0.4) is 0 Å². The van der Waals surface area contributed by atoms with Crippen LogP contribution >= 0.6 is 0 Å². The first kappa shape index (κ1) is 16.3. The molecule has 2 heterocycles. The van der Waals surface area contributed by atoms with Gasteiger partial charge in [-0.2, -0.15) is 0 Å². The van der Waals surface area contributed by atoms with Crippen molar-refractivity contribution in [2.24, 2.45) is 5.92 Å². The zero-order chi connectivity index (χ0) is 17.1. The number of fused-ring (bicyclic) bond motifs is 1. The molecular formula is C19H24N4O2. The number of aromatic nitrogens is 2. The van der Waals surface area contributed by atoms with E-state index >= 15 is 0 Å². The lowest BCUT2D eigenvalue weighted by atomic mass is 9.88. The molecule has 0 spiro atoms. The molecule has 2 aromatic rings. The third-order valence-electron chi connectivity index (χ3n) is 5.17. The van der Waals surface area contributed by atoms with E-state index in [9.17, 15) is 4.79 Å². The standard InChI is InChI=1S/C19H24N4O2/c24-19(14-4-2-1-3-5-14)22-15-6-7-16-17(12-15)20-13-21-18(16)23-8-10-25-11-9-23/h6-7,12-14H,1-5,8-11H2,(H,22,24). The Morgan fingerprint density at radius 3 is 2.72 bits per heavy atom. The molecule has 6 nitrogen and oxygen atoms in total. The highest BCUT2D eigenvalue weighted by atomic mass is 16.5. The number of amides is 1. The van der Waals surface area contributed by atoms with Gasteiger partial charge in [0.25, 0.3) is 0 Å². The average Bonchev–Trinajstić information content (AvgIpc) is 2.68. The lowest BCUT2D eigenvalue weighted by Gasteiger charge is -2.28. The molecule has 1 N–H and O–H groups in total. The van der Waals surface area contributed by atoms with Crippen LogP contribution in [0.2, 0.25) is 0 Å². The van der Waals surface area contributed by atoms with Gasteiger partial charge in [-0.25, -0.2) is 9.97 Å². The molecule has 1 aromatic carbocycles. The van der Waals surface area contributed by atoms with Crippen LogP contribution in [0.1, 0.15) is 32.1 Å². The lowest BCUT2D eigenvalue weighted by molar-refractivity contribution is -0.120. The normalized spacial score (nSPS) is 19.1. The van der Waals surface area contributed by atoms with Gasteiger partial charge in [-0.3, -0.25) is 4.79 Å². The number of carbonyl (C=O) groups excluding carboxylic acids is 1. The van der Waals surface area contributed by atoms with Gasteiger partial charge in [0, 0.05) is 30.1 Å². The monoisotopic (exact) mass is 340 g/mol. The van der Waals surface area contributed by atoms with Crippen molar-refractivity contribution in [2.75, 3.05) is 36.5 Å². The maximum Gasteiger partial charge on any atom is 0.227 e. The third-order valence-corrected chi connectivity index (χ3v) is 5.17. The Hall–Kier alpha value is -2.21. The van der Waals surface area contributed by atoms with Crippen LogP contribution < -0.4 is 10.2 Å². The molecule has 1 aliphatic heterocycles. The Balaban J connectivity index is 1.55. The van der Waals surface area contributed by atoms with Crippen LogP contribution in [0, 0.1) is 5.92 Å². The molecule has 132 valence electrons. The molecule has 1 aromatic heterocycles. The Labute approximate surface area is 147 Å². The lowest BCUT2D eigenvalue weighted by Crippen LogP contribution is -2.36. The van der Waals surface area contributed by atoms with Crippen LogP contribution in [0.25, 0.3) is 10.9 Å². The van der Waals surface area contributed by atoms with E-state index in [1.165, 1.54) is 6.42 Å². The molecule has 1 aliphatic carbocycles. The highest BCUT2D eigenvalue weighted by Gasteiger charge is 2.21. The van der Waals surface area contributed by atoms with E-state index < -0.39 is 0 Å². The van der Waals surface area contributed by atoms with Crippen molar-refractivity contribution in [2.45, 2.75) is 32.1 Å². The minimum absolute atomic E-state index is 0.140. The molecule has 1 saturated carbocycles. The van der Waals surface area contributed by atoms with Gasteiger partial charge >= 0.3 is 0 Å². The summed E-state index contributed by atoms with van der Waals surface area (Å²) < 4.78 is 5.42. The molecule has 25 heavy (non-hydrogen) atoms. The molecule has 1 amide bonds. The number of hydrogen-bond acceptors (Lipinski definition) is 5. The summed E-state index contributed by atoms with van der Waals surface area (Å²) in [6, 6.07) is 5.91. The first-order valence-corrected chi connectivity index (χ1v) is 9.19. The summed E-state index contributed by atoms with van der Waals surface area (Å²) in [5.74, 6) is 1.23. The molecule has 2 fully saturated rings. The molecule has 6 heteroatoms. The zero-order valence-electron chi connectivity index (χ0n) is 14.4. The molecule has 4 rings (SSSR count). The van der Waals surface area contributed by atoms with Crippen molar-refractivity contribution in [3.63, 3.8) is 0 Å². The summed E-state index contributed by atoms with van der Waals surface area (Å²) in [5.41, 5.74) is 1.67. The minimum atomic E-state index is 0.140. The van der Waals surface area contributed by atoms with Crippen LogP contribution in [-0.2, 0) is 9.53 Å². The van der Waals surface area contributed by atoms with E-state index in [2.05, 4.69) is 20.2 Å². The van der Waals surface area contributed by atoms with Crippen LogP contribution in [0.15, 0.2) is 24.5 Å². The fourth-order valence-electron chi connectivity index (χ4n) is 3.76. The van der Waals surface area contributed by atoms with Crippen molar-refractivity contribution in [1.82, 2.24) is 9.97 Å². The summed E-state index contributed by atoms with van der Waals surface area (Å²) >= 11 is 0. The summed E-state index contributed by atoms with van der Waals surface area (Å²) in [6.45, 7) is 3.13. The fraction of sp³-hybridized carbons (Fsp3) is 0.526. The maximum atomic E-state index is 12.5. The first-order valence-electron chi connectivity index (χ1n) is 9.19. The Kier molecular flexibility index (Phi) is 4.78. The maximum absolute atomic E-state index is 12.5. The van der Waals surface area contributed by atoms with Crippen molar-refractivity contribution in [1.29, 1.82) is 0 Å². The second kappa shape index (κ2) is 7.35. The summed E-state index contributed by atoms with van der Waals surface area (Å²) in [6.07, 6.45) is 7.17. The number of nitrogens with zero attached hydrogens (tertiary/aromatic N) is 3. The fourth-order valence-corrected chi connectivity index (χ4v) is 3.76. The topological polar surface area (TPSA) is 67.4 Å². The quantitative estimate of drug-likeness (QED) is 0.930. The number of nitrogens with one attached hydrogen (secondary N) is 1. The van der Waals surface area contributed by atoms with Crippen LogP contribution in [-0.4, -0.2) is 42.2 Å². The Morgan fingerprint density at radius 2 is 1.92 bits per heavy atom. The van der Waals surface area contributed by atoms with Gasteiger partial charge in [-0.1, -0.05) is 19.3 Å². The van der Waals surface area contributed by atoms with Crippen LogP contribution in [0.4, 0.5) is 11.5 Å². The van der Waals surface area contributed by atoms with Gasteiger partial charge in [0.15, 0.2) is 0 Å². The largest absolute Gasteiger partial charge is 0.378 e. The average molecular weight is 340 g/mol. The summed E-state index contributed by atoms with van der Waals surface area (Å²) in [4.78, 5) is 23.5. The van der Waals surface area contributed by atoms with Gasteiger partial charge in [0.05, 0.1) is 18.7 Å². The molecule has 2 aliphatic rings. The van der Waals surface area contributed by atoms with Crippen molar-refractivity contribution in [3.05, 3.63) is 24.5 Å². The SMILES string of the molecule is O=C(Nc1ccc2c(N3CCOCC3)ncnc2c1)C1CCCCC1. The van der Waals surface area contributed by atoms with E-state index in [0.29, 0.717) is 0 Å². The second-order valence-corrected chi connectivity index (χ2v) is 6.85. The second-order valence-electron chi connectivity index (χ2n) is 6.85. The highest BCUT2D eigenvalue weighted by Crippen LogP contribution is 2.28. The van der Waals surface area contributed by atoms with Crippen LogP contribution in [0.5, 0.6) is 0 Å². The smallest absolute Gasteiger partial charge is 0.227 e.